The topological polar surface area (TPSA) is 27.6 Å². The fraction of sp³-hybridized carbons (Fsp3) is 0.632. The van der Waals surface area contributed by atoms with Crippen LogP contribution in [0, 0.1) is 5.92 Å². The zero-order chi connectivity index (χ0) is 18.1. The number of aliphatic imine (C=N–C) groups is 1. The summed E-state index contributed by atoms with van der Waals surface area (Å²) in [5.41, 5.74) is 1.38. The van der Waals surface area contributed by atoms with E-state index >= 15 is 0 Å². The molecule has 0 unspecified atom stereocenters. The fourth-order valence-electron chi connectivity index (χ4n) is 3.28. The van der Waals surface area contributed by atoms with E-state index in [0.717, 1.165) is 38.3 Å². The first-order valence-electron chi connectivity index (χ1n) is 9.04. The summed E-state index contributed by atoms with van der Waals surface area (Å²) < 4.78 is 36.4. The molecule has 1 aliphatic heterocycles. The standard InChI is InChI=1S/C19H28F3N3.HI/c1-23-18(24-12-6-5-11-19(20,21)22)25-13-9-17(10-14-25)15-16-7-3-2-4-8-16;/h2-4,7-8,17H,5-6,9-15H2,1H3,(H,23,24);1H. The van der Waals surface area contributed by atoms with Gasteiger partial charge in [0.05, 0.1) is 0 Å². The molecule has 2 rings (SSSR count). The van der Waals surface area contributed by atoms with E-state index in [2.05, 4.69) is 39.5 Å². The maximum absolute atomic E-state index is 12.1. The van der Waals surface area contributed by atoms with Gasteiger partial charge < -0.3 is 10.2 Å². The normalized spacial score (nSPS) is 16.3. The number of alkyl halides is 3. The molecule has 3 nitrogen and oxygen atoms in total. The lowest BCUT2D eigenvalue weighted by molar-refractivity contribution is -0.135. The van der Waals surface area contributed by atoms with E-state index in [4.69, 9.17) is 0 Å². The lowest BCUT2D eigenvalue weighted by Gasteiger charge is -2.34. The number of likely N-dealkylation sites (tertiary alicyclic amines) is 1. The first kappa shape index (κ1) is 23.0. The number of halogens is 4. The van der Waals surface area contributed by atoms with Gasteiger partial charge in [0.15, 0.2) is 5.96 Å². The van der Waals surface area contributed by atoms with Crippen molar-refractivity contribution < 1.29 is 13.2 Å². The predicted molar refractivity (Wildman–Crippen MR) is 111 cm³/mol. The molecule has 0 aromatic heterocycles. The fourth-order valence-corrected chi connectivity index (χ4v) is 3.28. The van der Waals surface area contributed by atoms with Gasteiger partial charge in [0, 0.05) is 33.1 Å². The monoisotopic (exact) mass is 483 g/mol. The molecule has 0 bridgehead atoms. The van der Waals surface area contributed by atoms with Crippen LogP contribution < -0.4 is 5.32 Å². The van der Waals surface area contributed by atoms with E-state index in [0.29, 0.717) is 18.9 Å². The summed E-state index contributed by atoms with van der Waals surface area (Å²) in [6.07, 6.45) is -0.762. The molecule has 1 aliphatic rings. The third-order valence-electron chi connectivity index (χ3n) is 4.66. The molecule has 1 aromatic carbocycles. The van der Waals surface area contributed by atoms with Crippen LogP contribution in [-0.4, -0.2) is 43.7 Å². The van der Waals surface area contributed by atoms with Gasteiger partial charge in [0.1, 0.15) is 0 Å². The number of rotatable bonds is 6. The van der Waals surface area contributed by atoms with E-state index in [9.17, 15) is 13.2 Å². The van der Waals surface area contributed by atoms with Crippen molar-refractivity contribution in [3.63, 3.8) is 0 Å². The number of piperidine rings is 1. The van der Waals surface area contributed by atoms with E-state index in [-0.39, 0.29) is 30.4 Å². The second-order valence-electron chi connectivity index (χ2n) is 6.67. The highest BCUT2D eigenvalue weighted by molar-refractivity contribution is 14.0. The minimum Gasteiger partial charge on any atom is -0.356 e. The van der Waals surface area contributed by atoms with Gasteiger partial charge in [-0.1, -0.05) is 30.3 Å². The summed E-state index contributed by atoms with van der Waals surface area (Å²) in [7, 11) is 1.73. The van der Waals surface area contributed by atoms with Crippen molar-refractivity contribution in [1.82, 2.24) is 10.2 Å². The minimum absolute atomic E-state index is 0. The molecular formula is C19H29F3IN3. The second-order valence-corrected chi connectivity index (χ2v) is 6.67. The Kier molecular flexibility index (Phi) is 10.3. The van der Waals surface area contributed by atoms with Gasteiger partial charge in [-0.15, -0.1) is 24.0 Å². The van der Waals surface area contributed by atoms with Crippen molar-refractivity contribution >= 4 is 29.9 Å². The Bertz CT molecular complexity index is 527. The number of hydrogen-bond acceptors (Lipinski definition) is 1. The molecule has 0 atom stereocenters. The second kappa shape index (κ2) is 11.7. The summed E-state index contributed by atoms with van der Waals surface area (Å²) in [5, 5.41) is 3.20. The van der Waals surface area contributed by atoms with E-state index in [1.807, 2.05) is 6.07 Å². The lowest BCUT2D eigenvalue weighted by atomic mass is 9.90. The molecule has 0 amide bonds. The number of benzene rings is 1. The van der Waals surface area contributed by atoms with E-state index in [1.165, 1.54) is 5.56 Å². The van der Waals surface area contributed by atoms with Crippen LogP contribution in [0.5, 0.6) is 0 Å². The third-order valence-corrected chi connectivity index (χ3v) is 4.66. The Morgan fingerprint density at radius 1 is 1.15 bits per heavy atom. The van der Waals surface area contributed by atoms with Crippen LogP contribution in [0.15, 0.2) is 35.3 Å². The Hall–Kier alpha value is -0.990. The summed E-state index contributed by atoms with van der Waals surface area (Å²) in [6, 6.07) is 10.5. The summed E-state index contributed by atoms with van der Waals surface area (Å²) in [4.78, 5) is 6.49. The first-order chi connectivity index (χ1) is 12.0. The van der Waals surface area contributed by atoms with Crippen molar-refractivity contribution in [2.75, 3.05) is 26.7 Å². The average molecular weight is 483 g/mol. The molecule has 1 fully saturated rings. The Morgan fingerprint density at radius 3 is 2.38 bits per heavy atom. The minimum atomic E-state index is -4.05. The van der Waals surface area contributed by atoms with Crippen LogP contribution >= 0.6 is 24.0 Å². The zero-order valence-corrected chi connectivity index (χ0v) is 17.6. The molecule has 26 heavy (non-hydrogen) atoms. The molecular weight excluding hydrogens is 454 g/mol. The molecule has 1 aromatic rings. The molecule has 0 radical (unpaired) electrons. The van der Waals surface area contributed by atoms with Crippen molar-refractivity contribution in [3.05, 3.63) is 35.9 Å². The van der Waals surface area contributed by atoms with Crippen molar-refractivity contribution in [1.29, 1.82) is 0 Å². The number of guanidine groups is 1. The molecule has 148 valence electrons. The van der Waals surface area contributed by atoms with E-state index < -0.39 is 12.6 Å². The van der Waals surface area contributed by atoms with Gasteiger partial charge in [-0.05, 0) is 43.6 Å². The molecule has 0 aliphatic carbocycles. The van der Waals surface area contributed by atoms with Gasteiger partial charge in [-0.25, -0.2) is 0 Å². The van der Waals surface area contributed by atoms with Gasteiger partial charge in [-0.3, -0.25) is 4.99 Å². The van der Waals surface area contributed by atoms with Crippen molar-refractivity contribution in [2.45, 2.75) is 44.7 Å². The zero-order valence-electron chi connectivity index (χ0n) is 15.3. The highest BCUT2D eigenvalue weighted by atomic mass is 127. The molecule has 0 spiro atoms. The quantitative estimate of drug-likeness (QED) is 0.271. The molecule has 1 N–H and O–H groups in total. The predicted octanol–water partition coefficient (Wildman–Crippen LogP) is 4.87. The third kappa shape index (κ3) is 8.60. The molecule has 1 saturated heterocycles. The van der Waals surface area contributed by atoms with Gasteiger partial charge in [0.25, 0.3) is 0 Å². The number of unbranched alkanes of at least 4 members (excludes halogenated alkanes) is 1. The number of hydrogen-bond donors (Lipinski definition) is 1. The Balaban J connectivity index is 0.00000338. The van der Waals surface area contributed by atoms with Crippen LogP contribution in [0.4, 0.5) is 13.2 Å². The largest absolute Gasteiger partial charge is 0.389 e. The van der Waals surface area contributed by atoms with Crippen LogP contribution in [0.3, 0.4) is 0 Å². The summed E-state index contributed by atoms with van der Waals surface area (Å²) in [5.74, 6) is 1.49. The van der Waals surface area contributed by atoms with Crippen LogP contribution in [0.2, 0.25) is 0 Å². The van der Waals surface area contributed by atoms with Crippen molar-refractivity contribution in [2.24, 2.45) is 10.9 Å². The van der Waals surface area contributed by atoms with Gasteiger partial charge in [-0.2, -0.15) is 13.2 Å². The smallest absolute Gasteiger partial charge is 0.356 e. The number of nitrogens with zero attached hydrogens (tertiary/aromatic N) is 2. The van der Waals surface area contributed by atoms with Crippen LogP contribution in [-0.2, 0) is 6.42 Å². The molecule has 0 saturated carbocycles. The SMILES string of the molecule is CN=C(NCCCCC(F)(F)F)N1CCC(Cc2ccccc2)CC1.I. The maximum Gasteiger partial charge on any atom is 0.389 e. The van der Waals surface area contributed by atoms with Crippen LogP contribution in [0.25, 0.3) is 0 Å². The van der Waals surface area contributed by atoms with Crippen molar-refractivity contribution in [3.8, 4) is 0 Å². The van der Waals surface area contributed by atoms with Crippen LogP contribution in [0.1, 0.15) is 37.7 Å². The Morgan fingerprint density at radius 2 is 1.81 bits per heavy atom. The number of nitrogens with one attached hydrogen (secondary N) is 1. The van der Waals surface area contributed by atoms with E-state index in [1.54, 1.807) is 7.05 Å². The molecule has 7 heteroatoms. The maximum atomic E-state index is 12.1. The first-order valence-corrected chi connectivity index (χ1v) is 9.04. The highest BCUT2D eigenvalue weighted by Crippen LogP contribution is 2.23. The Labute approximate surface area is 171 Å². The van der Waals surface area contributed by atoms with Gasteiger partial charge >= 0.3 is 6.18 Å². The summed E-state index contributed by atoms with van der Waals surface area (Å²) >= 11 is 0. The lowest BCUT2D eigenvalue weighted by Crippen LogP contribution is -2.46. The highest BCUT2D eigenvalue weighted by Gasteiger charge is 2.26. The average Bonchev–Trinajstić information content (AvgIpc) is 2.59. The summed E-state index contributed by atoms with van der Waals surface area (Å²) in [6.45, 7) is 2.42. The molecule has 1 heterocycles. The van der Waals surface area contributed by atoms with Gasteiger partial charge in [0.2, 0.25) is 0 Å².